The number of ether oxygens (including phenoxy) is 1. The van der Waals surface area contributed by atoms with Gasteiger partial charge in [0.1, 0.15) is 0 Å². The third-order valence-corrected chi connectivity index (χ3v) is 2.71. The smallest absolute Gasteiger partial charge is 0.0964 e. The quantitative estimate of drug-likeness (QED) is 0.711. The zero-order chi connectivity index (χ0) is 11.2. The molecule has 0 spiro atoms. The van der Waals surface area contributed by atoms with E-state index in [2.05, 4.69) is 15.6 Å². The molecule has 6 nitrogen and oxygen atoms in total. The first-order valence-corrected chi connectivity index (χ1v) is 5.69. The molecule has 90 valence electrons. The summed E-state index contributed by atoms with van der Waals surface area (Å²) in [5.41, 5.74) is 0.917. The summed E-state index contributed by atoms with van der Waals surface area (Å²) in [6, 6.07) is 0.525. The van der Waals surface area contributed by atoms with Crippen molar-refractivity contribution in [2.45, 2.75) is 32.0 Å². The molecule has 1 aromatic rings. The summed E-state index contributed by atoms with van der Waals surface area (Å²) in [6.07, 6.45) is 3.98. The molecule has 0 bridgehead atoms. The van der Waals surface area contributed by atoms with Crippen LogP contribution in [-0.4, -0.2) is 46.0 Å². The molecule has 0 unspecified atom stereocenters. The van der Waals surface area contributed by atoms with Gasteiger partial charge in [-0.1, -0.05) is 5.21 Å². The second kappa shape index (κ2) is 5.93. The Balaban J connectivity index is 1.75. The normalized spacial score (nSPS) is 17.8. The Bertz CT molecular complexity index is 310. The number of aromatic nitrogens is 3. The van der Waals surface area contributed by atoms with Crippen molar-refractivity contribution in [2.24, 2.45) is 0 Å². The largest absolute Gasteiger partial charge is 0.394 e. The Hall–Kier alpha value is -0.980. The number of hydrogen-bond donors (Lipinski definition) is 2. The summed E-state index contributed by atoms with van der Waals surface area (Å²) < 4.78 is 6.94. The van der Waals surface area contributed by atoms with E-state index >= 15 is 0 Å². The van der Waals surface area contributed by atoms with Crippen LogP contribution in [0.5, 0.6) is 0 Å². The second-order valence-electron chi connectivity index (χ2n) is 3.96. The first-order valence-electron chi connectivity index (χ1n) is 5.69. The molecule has 2 rings (SSSR count). The predicted molar refractivity (Wildman–Crippen MR) is 57.8 cm³/mol. The van der Waals surface area contributed by atoms with Crippen LogP contribution in [0.25, 0.3) is 0 Å². The lowest BCUT2D eigenvalue weighted by Gasteiger charge is -2.22. The van der Waals surface area contributed by atoms with E-state index in [-0.39, 0.29) is 6.61 Å². The van der Waals surface area contributed by atoms with Crippen molar-refractivity contribution >= 4 is 0 Å². The van der Waals surface area contributed by atoms with E-state index in [4.69, 9.17) is 9.84 Å². The minimum Gasteiger partial charge on any atom is -0.394 e. The van der Waals surface area contributed by atoms with Gasteiger partial charge in [-0.05, 0) is 12.8 Å². The van der Waals surface area contributed by atoms with Crippen LogP contribution in [-0.2, 0) is 17.8 Å². The van der Waals surface area contributed by atoms with Crippen LogP contribution in [0.1, 0.15) is 18.5 Å². The van der Waals surface area contributed by atoms with Crippen molar-refractivity contribution in [1.29, 1.82) is 0 Å². The minimum atomic E-state index is 0.0934. The summed E-state index contributed by atoms with van der Waals surface area (Å²) >= 11 is 0. The van der Waals surface area contributed by atoms with Crippen molar-refractivity contribution in [1.82, 2.24) is 20.3 Å². The van der Waals surface area contributed by atoms with Gasteiger partial charge < -0.3 is 15.2 Å². The number of nitrogens with one attached hydrogen (secondary N) is 1. The van der Waals surface area contributed by atoms with Crippen molar-refractivity contribution in [3.63, 3.8) is 0 Å². The molecule has 0 amide bonds. The molecule has 6 heteroatoms. The van der Waals surface area contributed by atoms with Crippen molar-refractivity contribution in [3.8, 4) is 0 Å². The van der Waals surface area contributed by atoms with E-state index in [9.17, 15) is 0 Å². The van der Waals surface area contributed by atoms with E-state index in [1.807, 2.05) is 6.20 Å². The fourth-order valence-corrected chi connectivity index (χ4v) is 1.78. The van der Waals surface area contributed by atoms with Gasteiger partial charge in [0, 0.05) is 32.0 Å². The standard InChI is InChI=1S/C10H18N4O2/c15-4-3-14-8-10(12-13-14)7-11-9-1-5-16-6-2-9/h8-9,11,15H,1-7H2. The molecule has 0 aromatic carbocycles. The van der Waals surface area contributed by atoms with Crippen molar-refractivity contribution < 1.29 is 9.84 Å². The maximum Gasteiger partial charge on any atom is 0.0964 e. The van der Waals surface area contributed by atoms with Gasteiger partial charge in [0.15, 0.2) is 0 Å². The summed E-state index contributed by atoms with van der Waals surface area (Å²) in [5, 5.41) is 20.1. The highest BCUT2D eigenvalue weighted by Gasteiger charge is 2.13. The molecule has 1 aliphatic heterocycles. The first kappa shape index (κ1) is 11.5. The average molecular weight is 226 g/mol. The summed E-state index contributed by atoms with van der Waals surface area (Å²) in [7, 11) is 0. The predicted octanol–water partition coefficient (Wildman–Crippen LogP) is -0.461. The minimum absolute atomic E-state index is 0.0934. The zero-order valence-electron chi connectivity index (χ0n) is 9.30. The fraction of sp³-hybridized carbons (Fsp3) is 0.800. The Labute approximate surface area is 94.6 Å². The zero-order valence-corrected chi connectivity index (χ0v) is 9.30. The van der Waals surface area contributed by atoms with E-state index in [0.29, 0.717) is 12.6 Å². The van der Waals surface area contributed by atoms with Crippen LogP contribution >= 0.6 is 0 Å². The van der Waals surface area contributed by atoms with Gasteiger partial charge in [-0.2, -0.15) is 0 Å². The molecule has 16 heavy (non-hydrogen) atoms. The Morgan fingerprint density at radius 2 is 2.31 bits per heavy atom. The molecule has 0 radical (unpaired) electrons. The van der Waals surface area contributed by atoms with Gasteiger partial charge in [0.05, 0.1) is 18.8 Å². The SMILES string of the molecule is OCCn1cc(CNC2CCOCC2)nn1. The molecular weight excluding hydrogens is 208 g/mol. The van der Waals surface area contributed by atoms with Gasteiger partial charge in [0.2, 0.25) is 0 Å². The number of aliphatic hydroxyl groups is 1. The van der Waals surface area contributed by atoms with Gasteiger partial charge in [0.25, 0.3) is 0 Å². The van der Waals surface area contributed by atoms with Crippen LogP contribution < -0.4 is 5.32 Å². The molecule has 1 saturated heterocycles. The first-order chi connectivity index (χ1) is 7.88. The molecular formula is C10H18N4O2. The molecule has 1 fully saturated rings. The summed E-state index contributed by atoms with van der Waals surface area (Å²) in [6.45, 7) is 3.01. The van der Waals surface area contributed by atoms with E-state index < -0.39 is 0 Å². The van der Waals surface area contributed by atoms with Gasteiger partial charge >= 0.3 is 0 Å². The molecule has 1 aliphatic rings. The van der Waals surface area contributed by atoms with Crippen molar-refractivity contribution in [3.05, 3.63) is 11.9 Å². The van der Waals surface area contributed by atoms with Crippen LogP contribution in [0.3, 0.4) is 0 Å². The Morgan fingerprint density at radius 3 is 3.06 bits per heavy atom. The van der Waals surface area contributed by atoms with Crippen LogP contribution in [0, 0.1) is 0 Å². The number of nitrogens with zero attached hydrogens (tertiary/aromatic N) is 3. The van der Waals surface area contributed by atoms with Crippen LogP contribution in [0.4, 0.5) is 0 Å². The fourth-order valence-electron chi connectivity index (χ4n) is 1.78. The second-order valence-corrected chi connectivity index (χ2v) is 3.96. The Morgan fingerprint density at radius 1 is 1.50 bits per heavy atom. The van der Waals surface area contributed by atoms with E-state index in [1.54, 1.807) is 4.68 Å². The highest BCUT2D eigenvalue weighted by atomic mass is 16.5. The monoisotopic (exact) mass is 226 g/mol. The molecule has 0 aliphatic carbocycles. The molecule has 0 saturated carbocycles. The van der Waals surface area contributed by atoms with Gasteiger partial charge in [-0.15, -0.1) is 5.10 Å². The number of aliphatic hydroxyl groups excluding tert-OH is 1. The number of rotatable bonds is 5. The third-order valence-electron chi connectivity index (χ3n) is 2.71. The molecule has 0 atom stereocenters. The Kier molecular flexibility index (Phi) is 4.26. The van der Waals surface area contributed by atoms with Gasteiger partial charge in [-0.25, -0.2) is 4.68 Å². The van der Waals surface area contributed by atoms with Crippen LogP contribution in [0.15, 0.2) is 6.20 Å². The average Bonchev–Trinajstić information content (AvgIpc) is 2.76. The lowest BCUT2D eigenvalue weighted by atomic mass is 10.1. The third kappa shape index (κ3) is 3.26. The van der Waals surface area contributed by atoms with Gasteiger partial charge in [-0.3, -0.25) is 0 Å². The molecule has 1 aromatic heterocycles. The lowest BCUT2D eigenvalue weighted by molar-refractivity contribution is 0.0775. The summed E-state index contributed by atoms with van der Waals surface area (Å²) in [5.74, 6) is 0. The van der Waals surface area contributed by atoms with Crippen molar-refractivity contribution in [2.75, 3.05) is 19.8 Å². The maximum atomic E-state index is 8.74. The van der Waals surface area contributed by atoms with Crippen LogP contribution in [0.2, 0.25) is 0 Å². The number of hydrogen-bond acceptors (Lipinski definition) is 5. The molecule has 2 heterocycles. The van der Waals surface area contributed by atoms with E-state index in [1.165, 1.54) is 0 Å². The maximum absolute atomic E-state index is 8.74. The van der Waals surface area contributed by atoms with E-state index in [0.717, 1.165) is 38.3 Å². The highest BCUT2D eigenvalue weighted by Crippen LogP contribution is 2.06. The lowest BCUT2D eigenvalue weighted by Crippen LogP contribution is -2.34. The molecule has 2 N–H and O–H groups in total. The summed E-state index contributed by atoms with van der Waals surface area (Å²) in [4.78, 5) is 0. The topological polar surface area (TPSA) is 72.2 Å². The highest BCUT2D eigenvalue weighted by molar-refractivity contribution is 4.92.